The average Bonchev–Trinajstić information content (AvgIpc) is 2.95. The summed E-state index contributed by atoms with van der Waals surface area (Å²) in [7, 11) is 1.68. The Morgan fingerprint density at radius 2 is 1.80 bits per heavy atom. The molecule has 3 heteroatoms. The van der Waals surface area contributed by atoms with Gasteiger partial charge in [-0.3, -0.25) is 4.79 Å². The molecule has 4 saturated carbocycles. The van der Waals surface area contributed by atoms with Crippen LogP contribution in [0.5, 0.6) is 5.75 Å². The molecule has 0 N–H and O–H groups in total. The third-order valence-electron chi connectivity index (χ3n) is 7.13. The lowest BCUT2D eigenvalue weighted by molar-refractivity contribution is -0.136. The highest BCUT2D eigenvalue weighted by molar-refractivity contribution is 6.00. The highest BCUT2D eigenvalue weighted by Gasteiger charge is 2.51. The van der Waals surface area contributed by atoms with E-state index < -0.39 is 0 Å². The Hall–Kier alpha value is -1.77. The van der Waals surface area contributed by atoms with Crippen LogP contribution in [0.1, 0.15) is 44.1 Å². The lowest BCUT2D eigenvalue weighted by atomic mass is 9.54. The molecular formula is C22H27NO2. The SMILES string of the molecule is COc1cccc(/C=C2\CCN(C3C4CC5CC(C4)CC3C5)C2=O)c1. The van der Waals surface area contributed by atoms with Gasteiger partial charge < -0.3 is 9.64 Å². The fourth-order valence-corrected chi connectivity index (χ4v) is 6.39. The highest BCUT2D eigenvalue weighted by Crippen LogP contribution is 2.55. The van der Waals surface area contributed by atoms with Gasteiger partial charge in [0.15, 0.2) is 0 Å². The highest BCUT2D eigenvalue weighted by atomic mass is 16.5. The summed E-state index contributed by atoms with van der Waals surface area (Å²) in [5.74, 6) is 4.61. The summed E-state index contributed by atoms with van der Waals surface area (Å²) >= 11 is 0. The Morgan fingerprint density at radius 3 is 2.48 bits per heavy atom. The molecule has 0 aromatic heterocycles. The first kappa shape index (κ1) is 15.5. The number of rotatable bonds is 3. The summed E-state index contributed by atoms with van der Waals surface area (Å²) < 4.78 is 5.30. The minimum Gasteiger partial charge on any atom is -0.497 e. The monoisotopic (exact) mass is 337 g/mol. The number of likely N-dealkylation sites (tertiary alicyclic amines) is 1. The predicted octanol–water partition coefficient (Wildman–Crippen LogP) is 4.14. The van der Waals surface area contributed by atoms with Crippen molar-refractivity contribution in [2.75, 3.05) is 13.7 Å². The van der Waals surface area contributed by atoms with Crippen LogP contribution in [0.15, 0.2) is 29.8 Å². The number of carbonyl (C=O) groups is 1. The van der Waals surface area contributed by atoms with Crippen LogP contribution in [0.3, 0.4) is 0 Å². The molecule has 1 saturated heterocycles. The predicted molar refractivity (Wildman–Crippen MR) is 98.1 cm³/mol. The number of benzene rings is 1. The molecule has 1 aliphatic heterocycles. The molecule has 132 valence electrons. The van der Waals surface area contributed by atoms with Gasteiger partial charge in [0.2, 0.25) is 5.91 Å². The molecule has 6 rings (SSSR count). The Balaban J connectivity index is 1.37. The second-order valence-electron chi connectivity index (χ2n) is 8.62. The van der Waals surface area contributed by atoms with E-state index in [9.17, 15) is 4.79 Å². The first-order valence-electron chi connectivity index (χ1n) is 9.87. The molecule has 5 aliphatic rings. The van der Waals surface area contributed by atoms with E-state index in [0.29, 0.717) is 11.9 Å². The molecule has 1 aromatic rings. The zero-order valence-electron chi connectivity index (χ0n) is 15.0. The van der Waals surface area contributed by atoms with Gasteiger partial charge in [0.1, 0.15) is 5.75 Å². The van der Waals surface area contributed by atoms with E-state index in [1.165, 1.54) is 32.1 Å². The van der Waals surface area contributed by atoms with Gasteiger partial charge in [-0.05, 0) is 86.0 Å². The fourth-order valence-electron chi connectivity index (χ4n) is 6.39. The minimum absolute atomic E-state index is 0.292. The Morgan fingerprint density at radius 1 is 1.08 bits per heavy atom. The van der Waals surface area contributed by atoms with Crippen LogP contribution >= 0.6 is 0 Å². The van der Waals surface area contributed by atoms with Gasteiger partial charge >= 0.3 is 0 Å². The third kappa shape index (κ3) is 2.59. The van der Waals surface area contributed by atoms with Crippen LogP contribution in [0, 0.1) is 23.7 Å². The zero-order valence-corrected chi connectivity index (χ0v) is 15.0. The third-order valence-corrected chi connectivity index (χ3v) is 7.13. The number of hydrogen-bond donors (Lipinski definition) is 0. The molecule has 0 spiro atoms. The molecule has 4 bridgehead atoms. The number of carbonyl (C=O) groups excluding carboxylic acids is 1. The standard InChI is InChI=1S/C22H27NO2/c1-25-20-4-2-3-14(13-20)8-17-5-6-23(22(17)24)21-18-9-15-7-16(11-18)12-19(21)10-15/h2-4,8,13,15-16,18-19,21H,5-7,9-12H2,1H3/b17-8+. The van der Waals surface area contributed by atoms with Crippen molar-refractivity contribution in [2.24, 2.45) is 23.7 Å². The lowest BCUT2D eigenvalue weighted by Gasteiger charge is -2.56. The van der Waals surface area contributed by atoms with Crippen molar-refractivity contribution in [2.45, 2.75) is 44.6 Å². The van der Waals surface area contributed by atoms with Gasteiger partial charge in [-0.15, -0.1) is 0 Å². The molecular weight excluding hydrogens is 310 g/mol. The number of nitrogens with zero attached hydrogens (tertiary/aromatic N) is 1. The quantitative estimate of drug-likeness (QED) is 0.776. The van der Waals surface area contributed by atoms with E-state index in [1.54, 1.807) is 7.11 Å². The molecule has 5 fully saturated rings. The summed E-state index contributed by atoms with van der Waals surface area (Å²) in [6, 6.07) is 8.51. The second-order valence-corrected chi connectivity index (χ2v) is 8.62. The molecule has 0 radical (unpaired) electrons. The van der Waals surface area contributed by atoms with Gasteiger partial charge in [-0.2, -0.15) is 0 Å². The summed E-state index contributed by atoms with van der Waals surface area (Å²) in [5, 5.41) is 0. The molecule has 0 unspecified atom stereocenters. The van der Waals surface area contributed by atoms with Crippen molar-refractivity contribution < 1.29 is 9.53 Å². The molecule has 25 heavy (non-hydrogen) atoms. The summed E-state index contributed by atoms with van der Waals surface area (Å²) in [5.41, 5.74) is 2.04. The molecule has 3 nitrogen and oxygen atoms in total. The average molecular weight is 337 g/mol. The Labute approximate surface area is 150 Å². The van der Waals surface area contributed by atoms with Crippen LogP contribution < -0.4 is 4.74 Å². The fraction of sp³-hybridized carbons (Fsp3) is 0.591. The lowest BCUT2D eigenvalue weighted by Crippen LogP contribution is -2.56. The smallest absolute Gasteiger partial charge is 0.250 e. The molecule has 4 aliphatic carbocycles. The second kappa shape index (κ2) is 5.89. The maximum absolute atomic E-state index is 13.1. The van der Waals surface area contributed by atoms with Crippen LogP contribution in [0.25, 0.3) is 6.08 Å². The van der Waals surface area contributed by atoms with Crippen LogP contribution in [-0.4, -0.2) is 30.5 Å². The van der Waals surface area contributed by atoms with E-state index >= 15 is 0 Å². The van der Waals surface area contributed by atoms with Crippen LogP contribution in [0.4, 0.5) is 0 Å². The normalized spacial score (nSPS) is 38.0. The van der Waals surface area contributed by atoms with E-state index in [-0.39, 0.29) is 0 Å². The summed E-state index contributed by atoms with van der Waals surface area (Å²) in [6.07, 6.45) is 9.91. The van der Waals surface area contributed by atoms with Crippen molar-refractivity contribution in [1.29, 1.82) is 0 Å². The topological polar surface area (TPSA) is 29.5 Å². The maximum atomic E-state index is 13.1. The number of hydrogen-bond acceptors (Lipinski definition) is 2. The molecule has 1 amide bonds. The zero-order chi connectivity index (χ0) is 17.0. The van der Waals surface area contributed by atoms with Gasteiger partial charge in [0, 0.05) is 18.2 Å². The van der Waals surface area contributed by atoms with E-state index in [2.05, 4.69) is 11.0 Å². The minimum atomic E-state index is 0.292. The van der Waals surface area contributed by atoms with Gasteiger partial charge in [0.05, 0.1) is 7.11 Å². The van der Waals surface area contributed by atoms with Gasteiger partial charge in [-0.25, -0.2) is 0 Å². The largest absolute Gasteiger partial charge is 0.497 e. The number of ether oxygens (including phenoxy) is 1. The van der Waals surface area contributed by atoms with Crippen molar-refractivity contribution >= 4 is 12.0 Å². The van der Waals surface area contributed by atoms with E-state index in [0.717, 1.165) is 53.5 Å². The maximum Gasteiger partial charge on any atom is 0.250 e. The van der Waals surface area contributed by atoms with Crippen molar-refractivity contribution in [3.05, 3.63) is 35.4 Å². The summed E-state index contributed by atoms with van der Waals surface area (Å²) in [6.45, 7) is 0.918. The number of amides is 1. The Bertz CT molecular complexity index is 694. The van der Waals surface area contributed by atoms with E-state index in [4.69, 9.17) is 4.74 Å². The summed E-state index contributed by atoms with van der Waals surface area (Å²) in [4.78, 5) is 15.4. The van der Waals surface area contributed by atoms with Crippen LogP contribution in [0.2, 0.25) is 0 Å². The van der Waals surface area contributed by atoms with E-state index in [1.807, 2.05) is 24.3 Å². The van der Waals surface area contributed by atoms with Crippen molar-refractivity contribution in [3.8, 4) is 5.75 Å². The first-order valence-corrected chi connectivity index (χ1v) is 9.87. The van der Waals surface area contributed by atoms with Crippen LogP contribution in [-0.2, 0) is 4.79 Å². The van der Waals surface area contributed by atoms with Crippen molar-refractivity contribution in [3.63, 3.8) is 0 Å². The van der Waals surface area contributed by atoms with Crippen molar-refractivity contribution in [1.82, 2.24) is 4.90 Å². The molecule has 0 atom stereocenters. The molecule has 1 aromatic carbocycles. The van der Waals surface area contributed by atoms with Gasteiger partial charge in [0.25, 0.3) is 0 Å². The van der Waals surface area contributed by atoms with Gasteiger partial charge in [-0.1, -0.05) is 12.1 Å². The molecule has 1 heterocycles. The Kier molecular flexibility index (Phi) is 3.65. The number of methoxy groups -OCH3 is 1. The first-order chi connectivity index (χ1) is 12.2.